The summed E-state index contributed by atoms with van der Waals surface area (Å²) in [6.45, 7) is 7.91. The van der Waals surface area contributed by atoms with Gasteiger partial charge in [0.05, 0.1) is 0 Å². The first-order chi connectivity index (χ1) is 7.85. The molecule has 0 saturated heterocycles. The van der Waals surface area contributed by atoms with Crippen LogP contribution in [0.15, 0.2) is 54.6 Å². The Kier molecular flexibility index (Phi) is 2.87. The summed E-state index contributed by atoms with van der Waals surface area (Å²) in [6, 6.07) is 19.5. The van der Waals surface area contributed by atoms with E-state index in [1.165, 1.54) is 16.4 Å². The van der Waals surface area contributed by atoms with E-state index in [0.717, 1.165) is 0 Å². The van der Waals surface area contributed by atoms with E-state index in [2.05, 4.69) is 81.3 Å². The van der Waals surface area contributed by atoms with Crippen molar-refractivity contribution in [2.75, 3.05) is 26.7 Å². The Labute approximate surface area is 105 Å². The van der Waals surface area contributed by atoms with Crippen LogP contribution in [0.5, 0.6) is 0 Å². The fourth-order valence-electron chi connectivity index (χ4n) is 2.12. The molecule has 0 amide bonds. The van der Waals surface area contributed by atoms with Gasteiger partial charge in [0, 0.05) is 0 Å². The SMILES string of the molecule is CP(C)(C)(C)c1ccccc1-c1ccccc1. The number of rotatable bonds is 2. The molecule has 0 bridgehead atoms. The minimum absolute atomic E-state index is 1.32. The number of hydrogen-bond donors (Lipinski definition) is 0. The standard InChI is InChI=1S/C16H21P/c1-17(2,3,4)16-13-9-8-12-15(16)14-10-6-5-7-11-14/h5-13H,1-4H3. The second kappa shape index (κ2) is 3.96. The van der Waals surface area contributed by atoms with E-state index >= 15 is 0 Å². The molecule has 0 heterocycles. The first-order valence-corrected chi connectivity index (χ1v) is 10.0. The van der Waals surface area contributed by atoms with Crippen LogP contribution in [-0.2, 0) is 0 Å². The van der Waals surface area contributed by atoms with Gasteiger partial charge in [0.15, 0.2) is 0 Å². The van der Waals surface area contributed by atoms with Crippen molar-refractivity contribution in [3.63, 3.8) is 0 Å². The van der Waals surface area contributed by atoms with Gasteiger partial charge in [-0.25, -0.2) is 0 Å². The third-order valence-electron chi connectivity index (χ3n) is 2.95. The van der Waals surface area contributed by atoms with Crippen LogP contribution >= 0.6 is 6.60 Å². The maximum atomic E-state index is 2.41. The molecule has 0 nitrogen and oxygen atoms in total. The molecule has 2 aromatic carbocycles. The Bertz CT molecular complexity index is 509. The van der Waals surface area contributed by atoms with Gasteiger partial charge >= 0.3 is 104 Å². The van der Waals surface area contributed by atoms with Crippen molar-refractivity contribution in [2.24, 2.45) is 0 Å². The number of benzene rings is 2. The van der Waals surface area contributed by atoms with Crippen molar-refractivity contribution in [1.29, 1.82) is 0 Å². The molecule has 0 fully saturated rings. The van der Waals surface area contributed by atoms with Gasteiger partial charge in [-0.05, 0) is 0 Å². The fraction of sp³-hybridized carbons (Fsp3) is 0.250. The molecule has 0 aliphatic heterocycles. The van der Waals surface area contributed by atoms with Crippen molar-refractivity contribution in [1.82, 2.24) is 0 Å². The molecule has 0 aliphatic rings. The summed E-state index contributed by atoms with van der Waals surface area (Å²) in [5.41, 5.74) is 2.71. The molecular formula is C16H21P. The molecule has 0 N–H and O–H groups in total. The van der Waals surface area contributed by atoms with Gasteiger partial charge in [0.2, 0.25) is 0 Å². The topological polar surface area (TPSA) is 0 Å². The van der Waals surface area contributed by atoms with Crippen molar-refractivity contribution in [2.45, 2.75) is 0 Å². The summed E-state index contributed by atoms with van der Waals surface area (Å²) >= 11 is 0. The summed E-state index contributed by atoms with van der Waals surface area (Å²) in [4.78, 5) is 0. The molecule has 0 atom stereocenters. The summed E-state index contributed by atoms with van der Waals surface area (Å²) in [6.07, 6.45) is 0. The molecule has 0 unspecified atom stereocenters. The molecule has 90 valence electrons. The van der Waals surface area contributed by atoms with Gasteiger partial charge < -0.3 is 0 Å². The van der Waals surface area contributed by atoms with E-state index in [1.54, 1.807) is 0 Å². The van der Waals surface area contributed by atoms with Gasteiger partial charge in [0.1, 0.15) is 0 Å². The van der Waals surface area contributed by atoms with Crippen LogP contribution in [0, 0.1) is 0 Å². The molecule has 2 rings (SSSR count). The normalized spacial score (nSPS) is 14.0. The average molecular weight is 244 g/mol. The zero-order valence-electron chi connectivity index (χ0n) is 11.1. The second-order valence-electron chi connectivity index (χ2n) is 6.46. The minimum atomic E-state index is -1.73. The van der Waals surface area contributed by atoms with E-state index in [0.29, 0.717) is 0 Å². The van der Waals surface area contributed by atoms with E-state index in [4.69, 9.17) is 0 Å². The Morgan fingerprint density at radius 1 is 0.647 bits per heavy atom. The third kappa shape index (κ3) is 2.76. The van der Waals surface area contributed by atoms with Crippen LogP contribution in [0.1, 0.15) is 0 Å². The van der Waals surface area contributed by atoms with Gasteiger partial charge in [-0.3, -0.25) is 0 Å². The monoisotopic (exact) mass is 244 g/mol. The number of hydrogen-bond acceptors (Lipinski definition) is 0. The predicted octanol–water partition coefficient (Wildman–Crippen LogP) is 4.05. The fourth-order valence-corrected chi connectivity index (χ4v) is 3.97. The molecule has 0 spiro atoms. The van der Waals surface area contributed by atoms with Crippen molar-refractivity contribution in [3.8, 4) is 11.1 Å². The quantitative estimate of drug-likeness (QED) is 0.699. The van der Waals surface area contributed by atoms with Crippen LogP contribution < -0.4 is 5.30 Å². The van der Waals surface area contributed by atoms with E-state index in [9.17, 15) is 0 Å². The van der Waals surface area contributed by atoms with Gasteiger partial charge in [-0.15, -0.1) is 0 Å². The molecular weight excluding hydrogens is 223 g/mol. The van der Waals surface area contributed by atoms with E-state index in [1.807, 2.05) is 0 Å². The van der Waals surface area contributed by atoms with Crippen LogP contribution in [0.2, 0.25) is 0 Å². The Hall–Kier alpha value is -1.13. The van der Waals surface area contributed by atoms with Gasteiger partial charge in [-0.1, -0.05) is 0 Å². The molecule has 1 heteroatoms. The molecule has 0 radical (unpaired) electrons. The summed E-state index contributed by atoms with van der Waals surface area (Å²) in [5.74, 6) is 0. The van der Waals surface area contributed by atoms with E-state index in [-0.39, 0.29) is 0 Å². The van der Waals surface area contributed by atoms with Crippen LogP contribution in [0.3, 0.4) is 0 Å². The Balaban J connectivity index is 2.65. The third-order valence-corrected chi connectivity index (χ3v) is 5.27. The van der Waals surface area contributed by atoms with Crippen molar-refractivity contribution < 1.29 is 0 Å². The predicted molar refractivity (Wildman–Crippen MR) is 82.1 cm³/mol. The van der Waals surface area contributed by atoms with Gasteiger partial charge in [0.25, 0.3) is 0 Å². The van der Waals surface area contributed by atoms with Crippen LogP contribution in [0.4, 0.5) is 0 Å². The first-order valence-electron chi connectivity index (χ1n) is 6.00. The van der Waals surface area contributed by atoms with Crippen LogP contribution in [0.25, 0.3) is 11.1 Å². The van der Waals surface area contributed by atoms with Gasteiger partial charge in [-0.2, -0.15) is 0 Å². The zero-order valence-corrected chi connectivity index (χ0v) is 12.0. The molecule has 2 aromatic rings. The zero-order chi connectivity index (χ0) is 12.5. The molecule has 0 aromatic heterocycles. The average Bonchev–Trinajstić information content (AvgIpc) is 2.28. The van der Waals surface area contributed by atoms with Crippen LogP contribution in [-0.4, -0.2) is 26.7 Å². The summed E-state index contributed by atoms with van der Waals surface area (Å²) in [5, 5.41) is 1.52. The van der Waals surface area contributed by atoms with Crippen molar-refractivity contribution >= 4 is 11.9 Å². The van der Waals surface area contributed by atoms with E-state index < -0.39 is 6.60 Å². The second-order valence-corrected chi connectivity index (χ2v) is 14.1. The molecule has 17 heavy (non-hydrogen) atoms. The Morgan fingerprint density at radius 2 is 1.18 bits per heavy atom. The summed E-state index contributed by atoms with van der Waals surface area (Å²) < 4.78 is 0. The molecule has 0 aliphatic carbocycles. The molecule has 0 saturated carbocycles. The Morgan fingerprint density at radius 3 is 1.76 bits per heavy atom. The summed E-state index contributed by atoms with van der Waals surface area (Å²) in [7, 11) is 0. The maximum absolute atomic E-state index is 2.41. The van der Waals surface area contributed by atoms with Crippen molar-refractivity contribution in [3.05, 3.63) is 54.6 Å². The first kappa shape index (κ1) is 12.3.